The quantitative estimate of drug-likeness (QED) is 0.629. The maximum absolute atomic E-state index is 11.1. The average molecular weight is 288 g/mol. The second-order valence-corrected chi connectivity index (χ2v) is 5.13. The monoisotopic (exact) mass is 288 g/mol. The molecule has 2 rings (SSSR count). The molecule has 0 aliphatic heterocycles. The van der Waals surface area contributed by atoms with E-state index in [0.29, 0.717) is 11.9 Å². The molecule has 0 atom stereocenters. The first-order chi connectivity index (χ1) is 10.1. The number of benzene rings is 1. The van der Waals surface area contributed by atoms with Gasteiger partial charge in [0.1, 0.15) is 0 Å². The lowest BCUT2D eigenvalue weighted by molar-refractivity contribution is -0.383. The minimum atomic E-state index is -0.373. The van der Waals surface area contributed by atoms with Crippen molar-refractivity contribution in [1.29, 1.82) is 0 Å². The lowest BCUT2D eigenvalue weighted by Crippen LogP contribution is -2.44. The summed E-state index contributed by atoms with van der Waals surface area (Å²) in [6.45, 7) is 4.66. The smallest absolute Gasteiger partial charge is 0.277 e. The van der Waals surface area contributed by atoms with Gasteiger partial charge in [0.2, 0.25) is 0 Å². The van der Waals surface area contributed by atoms with E-state index < -0.39 is 0 Å². The number of nitrogens with one attached hydrogen (secondary N) is 1. The molecule has 0 radical (unpaired) electrons. The maximum atomic E-state index is 11.1. The molecular formula is C15H20N4O2. The number of hydrogen-bond acceptors (Lipinski definition) is 5. The Morgan fingerprint density at radius 3 is 2.57 bits per heavy atom. The van der Waals surface area contributed by atoms with Crippen molar-refractivity contribution in [2.45, 2.75) is 32.2 Å². The highest BCUT2D eigenvalue weighted by molar-refractivity contribution is 5.99. The fourth-order valence-electron chi connectivity index (χ4n) is 2.49. The van der Waals surface area contributed by atoms with E-state index in [4.69, 9.17) is 5.73 Å². The molecule has 3 N–H and O–H groups in total. The number of aromatic nitrogens is 1. The summed E-state index contributed by atoms with van der Waals surface area (Å²) in [4.78, 5) is 14.8. The largest absolute Gasteiger partial charge is 0.378 e. The second-order valence-electron chi connectivity index (χ2n) is 5.13. The molecule has 21 heavy (non-hydrogen) atoms. The first-order valence-electron chi connectivity index (χ1n) is 7.06. The second kappa shape index (κ2) is 6.05. The highest BCUT2D eigenvalue weighted by Crippen LogP contribution is 2.33. The highest BCUT2D eigenvalue weighted by Gasteiger charge is 2.25. The summed E-state index contributed by atoms with van der Waals surface area (Å²) in [5.74, 6) is 0. The minimum Gasteiger partial charge on any atom is -0.378 e. The normalized spacial score (nSPS) is 11.6. The van der Waals surface area contributed by atoms with Gasteiger partial charge in [0.25, 0.3) is 5.69 Å². The molecule has 2 aromatic rings. The summed E-state index contributed by atoms with van der Waals surface area (Å²) in [5, 5.41) is 15.9. The Kier molecular flexibility index (Phi) is 4.37. The lowest BCUT2D eigenvalue weighted by atomic mass is 9.92. The third-order valence-corrected chi connectivity index (χ3v) is 4.14. The molecule has 112 valence electrons. The van der Waals surface area contributed by atoms with Crippen LogP contribution in [0, 0.1) is 10.1 Å². The van der Waals surface area contributed by atoms with E-state index in [1.807, 2.05) is 0 Å². The van der Waals surface area contributed by atoms with Gasteiger partial charge in [0.05, 0.1) is 10.3 Å². The van der Waals surface area contributed by atoms with Crippen LogP contribution in [-0.2, 0) is 0 Å². The van der Waals surface area contributed by atoms with Gasteiger partial charge in [0, 0.05) is 41.6 Å². The molecule has 0 spiro atoms. The lowest BCUT2D eigenvalue weighted by Gasteiger charge is -2.33. The van der Waals surface area contributed by atoms with E-state index in [1.54, 1.807) is 24.5 Å². The van der Waals surface area contributed by atoms with Crippen molar-refractivity contribution in [2.24, 2.45) is 5.73 Å². The van der Waals surface area contributed by atoms with Crippen molar-refractivity contribution < 1.29 is 4.92 Å². The summed E-state index contributed by atoms with van der Waals surface area (Å²) >= 11 is 0. The van der Waals surface area contributed by atoms with E-state index in [1.165, 1.54) is 6.07 Å². The SMILES string of the molecule is CCC(CC)(CN)Nc1ccc([N+](=O)[O-])c2ccncc12. The fourth-order valence-corrected chi connectivity index (χ4v) is 2.49. The van der Waals surface area contributed by atoms with E-state index >= 15 is 0 Å². The molecule has 0 aliphatic carbocycles. The Balaban J connectivity index is 2.56. The van der Waals surface area contributed by atoms with Gasteiger partial charge in [-0.1, -0.05) is 13.8 Å². The third kappa shape index (κ3) is 2.80. The molecule has 0 saturated heterocycles. The maximum Gasteiger partial charge on any atom is 0.277 e. The minimum absolute atomic E-state index is 0.0873. The van der Waals surface area contributed by atoms with Gasteiger partial charge in [-0.3, -0.25) is 15.1 Å². The van der Waals surface area contributed by atoms with Crippen LogP contribution in [0.5, 0.6) is 0 Å². The van der Waals surface area contributed by atoms with Crippen LogP contribution in [0.1, 0.15) is 26.7 Å². The van der Waals surface area contributed by atoms with Crippen LogP contribution >= 0.6 is 0 Å². The molecule has 0 fully saturated rings. The van der Waals surface area contributed by atoms with Crippen LogP contribution in [0.3, 0.4) is 0 Å². The van der Waals surface area contributed by atoms with Crippen molar-refractivity contribution in [3.8, 4) is 0 Å². The van der Waals surface area contributed by atoms with Crippen LogP contribution < -0.4 is 11.1 Å². The predicted octanol–water partition coefficient (Wildman–Crippen LogP) is 3.07. The Bertz CT molecular complexity index is 645. The molecule has 0 bridgehead atoms. The number of nitro groups is 1. The summed E-state index contributed by atoms with van der Waals surface area (Å²) in [6.07, 6.45) is 4.96. The third-order valence-electron chi connectivity index (χ3n) is 4.14. The molecule has 6 heteroatoms. The van der Waals surface area contributed by atoms with Crippen LogP contribution in [-0.4, -0.2) is 22.0 Å². The first kappa shape index (κ1) is 15.2. The Hall–Kier alpha value is -2.21. The number of hydrogen-bond donors (Lipinski definition) is 2. The van der Waals surface area contributed by atoms with E-state index in [-0.39, 0.29) is 16.1 Å². The first-order valence-corrected chi connectivity index (χ1v) is 7.06. The van der Waals surface area contributed by atoms with Gasteiger partial charge in [-0.2, -0.15) is 0 Å². The zero-order valence-electron chi connectivity index (χ0n) is 12.3. The zero-order valence-corrected chi connectivity index (χ0v) is 12.3. The van der Waals surface area contributed by atoms with Gasteiger partial charge in [-0.05, 0) is 25.0 Å². The molecule has 1 aromatic heterocycles. The molecule has 0 aliphatic rings. The van der Waals surface area contributed by atoms with Gasteiger partial charge in [-0.15, -0.1) is 0 Å². The van der Waals surface area contributed by atoms with Gasteiger partial charge in [0.15, 0.2) is 0 Å². The Morgan fingerprint density at radius 1 is 1.29 bits per heavy atom. The molecule has 0 amide bonds. The zero-order chi connectivity index (χ0) is 15.5. The molecule has 0 saturated carbocycles. The Labute approximate surface area is 123 Å². The molecule has 6 nitrogen and oxygen atoms in total. The van der Waals surface area contributed by atoms with Crippen molar-refractivity contribution in [3.05, 3.63) is 40.7 Å². The number of rotatable bonds is 6. The van der Waals surface area contributed by atoms with Crippen LogP contribution in [0.15, 0.2) is 30.6 Å². The highest BCUT2D eigenvalue weighted by atomic mass is 16.6. The van der Waals surface area contributed by atoms with E-state index in [0.717, 1.165) is 23.9 Å². The van der Waals surface area contributed by atoms with Crippen LogP contribution in [0.25, 0.3) is 10.8 Å². The van der Waals surface area contributed by atoms with Gasteiger partial charge in [-0.25, -0.2) is 0 Å². The topological polar surface area (TPSA) is 94.1 Å². The number of pyridine rings is 1. The number of nitrogens with two attached hydrogens (primary N) is 1. The summed E-state index contributed by atoms with van der Waals surface area (Å²) < 4.78 is 0. The number of nitro benzene ring substituents is 1. The van der Waals surface area contributed by atoms with Crippen molar-refractivity contribution >= 4 is 22.1 Å². The van der Waals surface area contributed by atoms with Crippen molar-refractivity contribution in [1.82, 2.24) is 4.98 Å². The summed E-state index contributed by atoms with van der Waals surface area (Å²) in [5.41, 5.74) is 6.62. The van der Waals surface area contributed by atoms with Gasteiger partial charge >= 0.3 is 0 Å². The van der Waals surface area contributed by atoms with Crippen LogP contribution in [0.4, 0.5) is 11.4 Å². The predicted molar refractivity (Wildman–Crippen MR) is 84.4 cm³/mol. The average Bonchev–Trinajstić information content (AvgIpc) is 2.52. The standard InChI is InChI=1S/C15H20N4O2/c1-3-15(4-2,10-16)18-13-5-6-14(19(20)21)11-7-8-17-9-12(11)13/h5-9,18H,3-4,10,16H2,1-2H3. The number of fused-ring (bicyclic) bond motifs is 1. The van der Waals surface area contributed by atoms with E-state index in [9.17, 15) is 10.1 Å². The molecule has 0 unspecified atom stereocenters. The van der Waals surface area contributed by atoms with Crippen LogP contribution in [0.2, 0.25) is 0 Å². The van der Waals surface area contributed by atoms with Gasteiger partial charge < -0.3 is 11.1 Å². The molecule has 1 aromatic carbocycles. The number of non-ortho nitro benzene ring substituents is 1. The number of anilines is 1. The summed E-state index contributed by atoms with van der Waals surface area (Å²) in [7, 11) is 0. The van der Waals surface area contributed by atoms with Crippen molar-refractivity contribution in [2.75, 3.05) is 11.9 Å². The molecule has 1 heterocycles. The molecular weight excluding hydrogens is 268 g/mol. The number of nitrogens with zero attached hydrogens (tertiary/aromatic N) is 2. The van der Waals surface area contributed by atoms with Crippen molar-refractivity contribution in [3.63, 3.8) is 0 Å². The summed E-state index contributed by atoms with van der Waals surface area (Å²) in [6, 6.07) is 4.93. The van der Waals surface area contributed by atoms with E-state index in [2.05, 4.69) is 24.1 Å². The Morgan fingerprint density at radius 2 is 2.00 bits per heavy atom. The fraction of sp³-hybridized carbons (Fsp3) is 0.400.